The van der Waals surface area contributed by atoms with Gasteiger partial charge in [0.15, 0.2) is 17.3 Å². The van der Waals surface area contributed by atoms with Crippen LogP contribution in [-0.2, 0) is 6.61 Å². The summed E-state index contributed by atoms with van der Waals surface area (Å²) < 4.78 is 34.7. The molecule has 0 aliphatic carbocycles. The van der Waals surface area contributed by atoms with Crippen LogP contribution in [0, 0.1) is 5.82 Å². The summed E-state index contributed by atoms with van der Waals surface area (Å²) in [7, 11) is 1.60. The minimum absolute atomic E-state index is 0.0840. The first-order valence-electron chi connectivity index (χ1n) is 15.5. The number of methoxy groups -OCH3 is 1. The van der Waals surface area contributed by atoms with Crippen molar-refractivity contribution in [2.45, 2.75) is 13.5 Å². The second-order valence-corrected chi connectivity index (χ2v) is 11.9. The summed E-state index contributed by atoms with van der Waals surface area (Å²) >= 11 is 1.25. The van der Waals surface area contributed by atoms with Crippen LogP contribution in [0.3, 0.4) is 0 Å². The van der Waals surface area contributed by atoms with Crippen LogP contribution in [0.25, 0.3) is 40.1 Å². The normalized spacial score (nSPS) is 11.9. The van der Waals surface area contributed by atoms with Gasteiger partial charge in [0.1, 0.15) is 23.9 Å². The lowest BCUT2D eigenvalue weighted by molar-refractivity contribution is 0.300. The Morgan fingerprint density at radius 3 is 2.51 bits per heavy atom. The van der Waals surface area contributed by atoms with Gasteiger partial charge in [0, 0.05) is 22.9 Å². The van der Waals surface area contributed by atoms with Gasteiger partial charge < -0.3 is 14.2 Å². The van der Waals surface area contributed by atoms with Crippen LogP contribution in [0.1, 0.15) is 29.4 Å². The maximum Gasteiger partial charge on any atom is 0.291 e. The van der Waals surface area contributed by atoms with E-state index in [0.717, 1.165) is 22.4 Å². The largest absolute Gasteiger partial charge is 0.493 e. The first-order chi connectivity index (χ1) is 24.0. The summed E-state index contributed by atoms with van der Waals surface area (Å²) in [5, 5.41) is 9.35. The average molecular weight is 672 g/mol. The Balaban J connectivity index is 1.21. The Labute approximate surface area is 284 Å². The van der Waals surface area contributed by atoms with Gasteiger partial charge in [-0.15, -0.1) is 5.10 Å². The molecule has 0 radical (unpaired) electrons. The number of nitrogens with zero attached hydrogens (tertiary/aromatic N) is 5. The number of fused-ring (bicyclic) bond motifs is 1. The topological polar surface area (TPSA) is 92.8 Å². The van der Waals surface area contributed by atoms with E-state index in [4.69, 9.17) is 19.3 Å². The van der Waals surface area contributed by atoms with Crippen LogP contribution in [-0.4, -0.2) is 38.1 Å². The van der Waals surface area contributed by atoms with Crippen molar-refractivity contribution in [3.63, 3.8) is 0 Å². The van der Waals surface area contributed by atoms with Gasteiger partial charge in [-0.1, -0.05) is 72.0 Å². The number of rotatable bonds is 11. The van der Waals surface area contributed by atoms with Gasteiger partial charge in [0.05, 0.1) is 23.9 Å². The van der Waals surface area contributed by atoms with E-state index >= 15 is 0 Å². The van der Waals surface area contributed by atoms with E-state index in [2.05, 4.69) is 10.1 Å². The zero-order valence-electron chi connectivity index (χ0n) is 26.6. The van der Waals surface area contributed by atoms with Crippen molar-refractivity contribution in [1.82, 2.24) is 24.4 Å². The maximum atomic E-state index is 14.2. The number of hydrogen-bond donors (Lipinski definition) is 0. The molecule has 0 bridgehead atoms. The van der Waals surface area contributed by atoms with Crippen LogP contribution in [0.2, 0.25) is 0 Å². The highest BCUT2D eigenvalue weighted by Crippen LogP contribution is 2.30. The van der Waals surface area contributed by atoms with E-state index in [1.807, 2.05) is 92.0 Å². The molecular weight excluding hydrogens is 642 g/mol. The van der Waals surface area contributed by atoms with Crippen molar-refractivity contribution in [3.8, 4) is 34.2 Å². The molecule has 3 heterocycles. The molecule has 0 fully saturated rings. The fourth-order valence-corrected chi connectivity index (χ4v) is 6.14. The molecule has 0 unspecified atom stereocenters. The standard InChI is InChI=1S/C38H30FN5O4S/c1-3-47-32-18-16-25(20-33(32)46-2)17-19-35-40-38-44(41-35)37(45)34(49-38)22-28-23-43(29-12-5-4-6-13-29)42-36(28)26-11-9-14-30(21-26)48-24-27-10-7-8-15-31(27)39/h4-23H,3,24H2,1-2H3/b19-17+,34-22-. The molecule has 0 amide bonds. The average Bonchev–Trinajstić information content (AvgIpc) is 3.82. The lowest BCUT2D eigenvalue weighted by Crippen LogP contribution is -2.23. The Morgan fingerprint density at radius 1 is 0.878 bits per heavy atom. The molecule has 244 valence electrons. The first kappa shape index (κ1) is 31.5. The second kappa shape index (κ2) is 14.0. The van der Waals surface area contributed by atoms with E-state index in [9.17, 15) is 9.18 Å². The third-order valence-electron chi connectivity index (χ3n) is 7.62. The van der Waals surface area contributed by atoms with Gasteiger partial charge in [-0.2, -0.15) is 14.6 Å². The molecule has 49 heavy (non-hydrogen) atoms. The lowest BCUT2D eigenvalue weighted by atomic mass is 10.1. The number of halogens is 1. The number of aromatic nitrogens is 5. The summed E-state index contributed by atoms with van der Waals surface area (Å²) in [4.78, 5) is 18.6. The quantitative estimate of drug-likeness (QED) is 0.149. The van der Waals surface area contributed by atoms with Gasteiger partial charge in [0.25, 0.3) is 5.56 Å². The van der Waals surface area contributed by atoms with E-state index in [0.29, 0.717) is 50.4 Å². The van der Waals surface area contributed by atoms with Gasteiger partial charge in [-0.05, 0) is 67.1 Å². The number of thiazole rings is 1. The Kier molecular flexibility index (Phi) is 8.98. The zero-order chi connectivity index (χ0) is 33.7. The number of benzene rings is 4. The van der Waals surface area contributed by atoms with E-state index in [1.165, 1.54) is 21.9 Å². The van der Waals surface area contributed by atoms with Crippen LogP contribution < -0.4 is 24.3 Å². The molecule has 0 saturated carbocycles. The molecule has 0 N–H and O–H groups in total. The van der Waals surface area contributed by atoms with Gasteiger partial charge in [-0.25, -0.2) is 9.07 Å². The molecule has 0 aliphatic rings. The molecule has 0 aliphatic heterocycles. The third-order valence-corrected chi connectivity index (χ3v) is 8.58. The highest BCUT2D eigenvalue weighted by atomic mass is 32.1. The minimum Gasteiger partial charge on any atom is -0.493 e. The Hall–Kier alpha value is -6.07. The zero-order valence-corrected chi connectivity index (χ0v) is 27.4. The monoisotopic (exact) mass is 671 g/mol. The molecule has 3 aromatic heterocycles. The molecular formula is C38H30FN5O4S. The maximum absolute atomic E-state index is 14.2. The smallest absolute Gasteiger partial charge is 0.291 e. The summed E-state index contributed by atoms with van der Waals surface area (Å²) in [5.74, 6) is 1.95. The summed E-state index contributed by atoms with van der Waals surface area (Å²) in [6.45, 7) is 2.54. The number of para-hydroxylation sites is 1. The molecule has 7 rings (SSSR count). The fraction of sp³-hybridized carbons (Fsp3) is 0.105. The van der Waals surface area contributed by atoms with E-state index < -0.39 is 0 Å². The minimum atomic E-state index is -0.321. The highest BCUT2D eigenvalue weighted by Gasteiger charge is 2.15. The molecule has 4 aromatic carbocycles. The van der Waals surface area contributed by atoms with E-state index in [-0.39, 0.29) is 18.0 Å². The van der Waals surface area contributed by atoms with Crippen LogP contribution in [0.5, 0.6) is 17.2 Å². The summed E-state index contributed by atoms with van der Waals surface area (Å²) in [6.07, 6.45) is 7.29. The Bertz CT molecular complexity index is 2400. The third kappa shape index (κ3) is 6.83. The summed E-state index contributed by atoms with van der Waals surface area (Å²) in [5.41, 5.74) is 4.06. The van der Waals surface area contributed by atoms with Crippen molar-refractivity contribution in [2.75, 3.05) is 13.7 Å². The van der Waals surface area contributed by atoms with E-state index in [1.54, 1.807) is 42.1 Å². The molecule has 0 atom stereocenters. The lowest BCUT2D eigenvalue weighted by Gasteiger charge is -2.09. The van der Waals surface area contributed by atoms with Crippen LogP contribution in [0.4, 0.5) is 4.39 Å². The Morgan fingerprint density at radius 2 is 1.71 bits per heavy atom. The summed E-state index contributed by atoms with van der Waals surface area (Å²) in [6, 6.07) is 29.3. The van der Waals surface area contributed by atoms with Crippen LogP contribution in [0.15, 0.2) is 108 Å². The highest BCUT2D eigenvalue weighted by molar-refractivity contribution is 7.15. The van der Waals surface area contributed by atoms with Gasteiger partial charge in [-0.3, -0.25) is 4.79 Å². The van der Waals surface area contributed by atoms with Crippen molar-refractivity contribution in [3.05, 3.63) is 146 Å². The van der Waals surface area contributed by atoms with Crippen molar-refractivity contribution < 1.29 is 18.6 Å². The first-order valence-corrected chi connectivity index (χ1v) is 16.3. The predicted molar refractivity (Wildman–Crippen MR) is 189 cm³/mol. The SMILES string of the molecule is CCOc1ccc(/C=C/c2nc3s/c(=C\c4cn(-c5ccccc5)nc4-c4cccc(OCc5ccccc5F)c4)c(=O)n3n2)cc1OC. The molecule has 0 spiro atoms. The van der Waals surface area contributed by atoms with Gasteiger partial charge in [0.2, 0.25) is 4.96 Å². The number of ether oxygens (including phenoxy) is 3. The van der Waals surface area contributed by atoms with Crippen molar-refractivity contribution in [1.29, 1.82) is 0 Å². The number of hydrogen-bond acceptors (Lipinski definition) is 8. The fourth-order valence-electron chi connectivity index (χ4n) is 5.23. The second-order valence-electron chi connectivity index (χ2n) is 10.9. The van der Waals surface area contributed by atoms with Crippen molar-refractivity contribution >= 4 is 34.5 Å². The predicted octanol–water partition coefficient (Wildman–Crippen LogP) is 6.85. The van der Waals surface area contributed by atoms with Crippen molar-refractivity contribution in [2.24, 2.45) is 0 Å². The molecule has 0 saturated heterocycles. The molecule has 11 heteroatoms. The van der Waals surface area contributed by atoms with Crippen LogP contribution >= 0.6 is 11.3 Å². The molecule has 9 nitrogen and oxygen atoms in total. The molecule has 7 aromatic rings. The van der Waals surface area contributed by atoms with Gasteiger partial charge >= 0.3 is 0 Å².